The molecule has 5 heteroatoms. The minimum atomic E-state index is -0.337. The highest BCUT2D eigenvalue weighted by atomic mass is 33.1. The lowest BCUT2D eigenvalue weighted by atomic mass is 10.3. The van der Waals surface area contributed by atoms with Crippen LogP contribution in [0.15, 0.2) is 29.4 Å². The summed E-state index contributed by atoms with van der Waals surface area (Å²) in [7, 11) is 3.21. The Morgan fingerprint density at radius 3 is 3.00 bits per heavy atom. The Hall–Kier alpha value is -0.230. The number of pyridine rings is 1. The molecule has 1 aliphatic heterocycles. The Balaban J connectivity index is 1.82. The largest absolute Gasteiger partial charge is 0.389 e. The van der Waals surface area contributed by atoms with Crippen LogP contribution in [0.4, 0.5) is 0 Å². The lowest BCUT2D eigenvalue weighted by Crippen LogP contribution is -2.18. The van der Waals surface area contributed by atoms with E-state index in [-0.39, 0.29) is 11.4 Å². The highest BCUT2D eigenvalue weighted by molar-refractivity contribution is 8.76. The van der Waals surface area contributed by atoms with E-state index in [4.69, 9.17) is 4.74 Å². The first kappa shape index (κ1) is 10.3. The van der Waals surface area contributed by atoms with Gasteiger partial charge < -0.3 is 9.84 Å². The quantitative estimate of drug-likeness (QED) is 0.797. The molecular weight excluding hydrogens is 218 g/mol. The molecule has 2 heterocycles. The van der Waals surface area contributed by atoms with Crippen molar-refractivity contribution in [1.29, 1.82) is 0 Å². The minimum Gasteiger partial charge on any atom is -0.389 e. The number of hydrogen-bond acceptors (Lipinski definition) is 5. The van der Waals surface area contributed by atoms with Crippen LogP contribution in [0.3, 0.4) is 0 Å². The van der Waals surface area contributed by atoms with Crippen LogP contribution in [0.5, 0.6) is 0 Å². The molecule has 0 amide bonds. The Bertz CT molecular complexity index is 283. The zero-order valence-electron chi connectivity index (χ0n) is 7.50. The van der Waals surface area contributed by atoms with Crippen molar-refractivity contribution in [3.8, 4) is 0 Å². The third kappa shape index (κ3) is 2.63. The van der Waals surface area contributed by atoms with E-state index in [1.807, 2.05) is 18.2 Å². The standard InChI is InChI=1S/C9H11NO2S2/c11-7-5-12-6-8(7)13-14-9-3-1-2-4-10-9/h1-4,7-8,11H,5-6H2/t7-,8-/m1/s1. The van der Waals surface area contributed by atoms with Gasteiger partial charge in [0.05, 0.1) is 24.6 Å². The molecule has 76 valence electrons. The molecule has 0 bridgehead atoms. The van der Waals surface area contributed by atoms with Gasteiger partial charge in [-0.2, -0.15) is 0 Å². The molecule has 0 saturated carbocycles. The van der Waals surface area contributed by atoms with E-state index in [2.05, 4.69) is 4.98 Å². The molecule has 1 aromatic rings. The van der Waals surface area contributed by atoms with Crippen molar-refractivity contribution in [1.82, 2.24) is 4.98 Å². The van der Waals surface area contributed by atoms with Gasteiger partial charge in [-0.05, 0) is 22.9 Å². The first-order valence-corrected chi connectivity index (χ1v) is 6.58. The summed E-state index contributed by atoms with van der Waals surface area (Å²) in [5.41, 5.74) is 0. The maximum absolute atomic E-state index is 9.49. The second-order valence-corrected chi connectivity index (χ2v) is 5.45. The molecular formula is C9H11NO2S2. The van der Waals surface area contributed by atoms with Crippen molar-refractivity contribution in [2.24, 2.45) is 0 Å². The van der Waals surface area contributed by atoms with Crippen LogP contribution in [-0.4, -0.2) is 34.7 Å². The molecule has 0 spiro atoms. The van der Waals surface area contributed by atoms with E-state index < -0.39 is 0 Å². The smallest absolute Gasteiger partial charge is 0.106 e. The first-order chi connectivity index (χ1) is 6.86. The maximum Gasteiger partial charge on any atom is 0.106 e. The van der Waals surface area contributed by atoms with Crippen LogP contribution >= 0.6 is 21.6 Å². The molecule has 2 atom stereocenters. The fourth-order valence-electron chi connectivity index (χ4n) is 1.12. The first-order valence-electron chi connectivity index (χ1n) is 4.36. The third-order valence-electron chi connectivity index (χ3n) is 1.89. The average molecular weight is 229 g/mol. The van der Waals surface area contributed by atoms with E-state index in [1.165, 1.54) is 0 Å². The Morgan fingerprint density at radius 2 is 2.36 bits per heavy atom. The minimum absolute atomic E-state index is 0.169. The van der Waals surface area contributed by atoms with Crippen LogP contribution < -0.4 is 0 Å². The summed E-state index contributed by atoms with van der Waals surface area (Å²) < 4.78 is 5.15. The van der Waals surface area contributed by atoms with Crippen molar-refractivity contribution in [2.45, 2.75) is 16.4 Å². The van der Waals surface area contributed by atoms with Gasteiger partial charge in [0, 0.05) is 6.20 Å². The summed E-state index contributed by atoms with van der Waals surface area (Å²) in [5, 5.41) is 10.6. The predicted octanol–water partition coefficient (Wildman–Crippen LogP) is 1.58. The highest BCUT2D eigenvalue weighted by Crippen LogP contribution is 2.36. The van der Waals surface area contributed by atoms with Gasteiger partial charge in [-0.25, -0.2) is 4.98 Å². The van der Waals surface area contributed by atoms with Crippen molar-refractivity contribution >= 4 is 21.6 Å². The summed E-state index contributed by atoms with van der Waals surface area (Å²) in [4.78, 5) is 4.18. The van der Waals surface area contributed by atoms with Crippen LogP contribution in [0.2, 0.25) is 0 Å². The second-order valence-electron chi connectivity index (χ2n) is 2.99. The average Bonchev–Trinajstić information content (AvgIpc) is 2.63. The molecule has 1 saturated heterocycles. The molecule has 1 aromatic heterocycles. The summed E-state index contributed by atoms with van der Waals surface area (Å²) in [6.07, 6.45) is 1.43. The molecule has 1 fully saturated rings. The van der Waals surface area contributed by atoms with Gasteiger partial charge >= 0.3 is 0 Å². The van der Waals surface area contributed by atoms with E-state index in [0.29, 0.717) is 13.2 Å². The summed E-state index contributed by atoms with van der Waals surface area (Å²) in [6, 6.07) is 5.81. The van der Waals surface area contributed by atoms with Gasteiger partial charge in [0.1, 0.15) is 5.03 Å². The number of hydrogen-bond donors (Lipinski definition) is 1. The van der Waals surface area contributed by atoms with E-state index in [9.17, 15) is 5.11 Å². The fourth-order valence-corrected chi connectivity index (χ4v) is 3.46. The topological polar surface area (TPSA) is 42.4 Å². The van der Waals surface area contributed by atoms with Gasteiger partial charge in [-0.1, -0.05) is 16.9 Å². The zero-order valence-corrected chi connectivity index (χ0v) is 9.13. The van der Waals surface area contributed by atoms with E-state index in [0.717, 1.165) is 5.03 Å². The lowest BCUT2D eigenvalue weighted by Gasteiger charge is -2.09. The summed E-state index contributed by atoms with van der Waals surface area (Å²) in [5.74, 6) is 0. The SMILES string of the molecule is O[C@@H]1COC[C@H]1SSc1ccccn1. The Labute approximate surface area is 90.7 Å². The molecule has 3 nitrogen and oxygen atoms in total. The summed E-state index contributed by atoms with van der Waals surface area (Å²) in [6.45, 7) is 1.09. The van der Waals surface area contributed by atoms with Gasteiger partial charge in [0.25, 0.3) is 0 Å². The Kier molecular flexibility index (Phi) is 3.69. The van der Waals surface area contributed by atoms with Gasteiger partial charge in [0.2, 0.25) is 0 Å². The number of ether oxygens (including phenoxy) is 1. The van der Waals surface area contributed by atoms with Gasteiger partial charge in [-0.15, -0.1) is 0 Å². The van der Waals surface area contributed by atoms with Crippen molar-refractivity contribution < 1.29 is 9.84 Å². The summed E-state index contributed by atoms with van der Waals surface area (Å²) >= 11 is 0. The van der Waals surface area contributed by atoms with Crippen LogP contribution in [0, 0.1) is 0 Å². The Morgan fingerprint density at radius 1 is 1.43 bits per heavy atom. The lowest BCUT2D eigenvalue weighted by molar-refractivity contribution is 0.127. The third-order valence-corrected chi connectivity index (χ3v) is 4.64. The molecule has 0 unspecified atom stereocenters. The fraction of sp³-hybridized carbons (Fsp3) is 0.444. The number of aliphatic hydroxyl groups is 1. The number of nitrogens with zero attached hydrogens (tertiary/aromatic N) is 1. The molecule has 0 aromatic carbocycles. The molecule has 1 aliphatic rings. The van der Waals surface area contributed by atoms with Gasteiger partial charge in [0.15, 0.2) is 0 Å². The van der Waals surface area contributed by atoms with Crippen LogP contribution in [0.1, 0.15) is 0 Å². The van der Waals surface area contributed by atoms with E-state index >= 15 is 0 Å². The molecule has 2 rings (SSSR count). The molecule has 14 heavy (non-hydrogen) atoms. The van der Waals surface area contributed by atoms with Crippen molar-refractivity contribution in [3.05, 3.63) is 24.4 Å². The zero-order chi connectivity index (χ0) is 9.80. The van der Waals surface area contributed by atoms with E-state index in [1.54, 1.807) is 27.8 Å². The molecule has 0 radical (unpaired) electrons. The van der Waals surface area contributed by atoms with Crippen molar-refractivity contribution in [3.63, 3.8) is 0 Å². The van der Waals surface area contributed by atoms with Crippen LogP contribution in [-0.2, 0) is 4.74 Å². The number of aromatic nitrogens is 1. The molecule has 1 N–H and O–H groups in total. The molecule has 0 aliphatic carbocycles. The van der Waals surface area contributed by atoms with Crippen molar-refractivity contribution in [2.75, 3.05) is 13.2 Å². The predicted molar refractivity (Wildman–Crippen MR) is 58.3 cm³/mol. The van der Waals surface area contributed by atoms with Crippen LogP contribution in [0.25, 0.3) is 0 Å². The number of aliphatic hydroxyl groups excluding tert-OH is 1. The number of rotatable bonds is 3. The normalized spacial score (nSPS) is 26.6. The maximum atomic E-state index is 9.49. The van der Waals surface area contributed by atoms with Gasteiger partial charge in [-0.3, -0.25) is 0 Å². The highest BCUT2D eigenvalue weighted by Gasteiger charge is 2.27. The monoisotopic (exact) mass is 229 g/mol. The second kappa shape index (κ2) is 5.02.